The molecule has 0 aromatic carbocycles. The first kappa shape index (κ1) is 15.9. The van der Waals surface area contributed by atoms with Crippen molar-refractivity contribution in [3.8, 4) is 0 Å². The highest BCUT2D eigenvalue weighted by Crippen LogP contribution is 2.34. The van der Waals surface area contributed by atoms with Crippen LogP contribution in [-0.2, 0) is 13.5 Å². The maximum atomic E-state index is 4.87. The zero-order valence-corrected chi connectivity index (χ0v) is 14.7. The monoisotopic (exact) mass is 337 g/mol. The first-order valence-electron chi connectivity index (χ1n) is 8.92. The molecule has 0 radical (unpaired) electrons. The predicted molar refractivity (Wildman–Crippen MR) is 96.3 cm³/mol. The zero-order chi connectivity index (χ0) is 17.2. The van der Waals surface area contributed by atoms with Gasteiger partial charge < -0.3 is 5.32 Å². The second-order valence-electron chi connectivity index (χ2n) is 6.86. The molecule has 3 aromatic rings. The van der Waals surface area contributed by atoms with Crippen molar-refractivity contribution >= 4 is 16.9 Å². The van der Waals surface area contributed by atoms with E-state index in [2.05, 4.69) is 27.3 Å². The summed E-state index contributed by atoms with van der Waals surface area (Å²) in [5.41, 5.74) is 1.86. The minimum Gasteiger partial charge on any atom is -0.367 e. The second-order valence-corrected chi connectivity index (χ2v) is 6.86. The molecule has 0 unspecified atom stereocenters. The van der Waals surface area contributed by atoms with E-state index in [1.165, 1.54) is 25.7 Å². The molecule has 1 aliphatic rings. The SMILES string of the molecule is C[C@@H](Cc1cnccn1)Nc1nc(C2CCCC2)nc2c1cnn2C. The summed E-state index contributed by atoms with van der Waals surface area (Å²) in [5, 5.41) is 8.87. The molecule has 130 valence electrons. The van der Waals surface area contributed by atoms with Gasteiger partial charge in [-0.1, -0.05) is 12.8 Å². The number of hydrogen-bond acceptors (Lipinski definition) is 6. The molecule has 3 heterocycles. The highest BCUT2D eigenvalue weighted by atomic mass is 15.3. The Balaban J connectivity index is 1.63. The number of rotatable bonds is 5. The number of fused-ring (bicyclic) bond motifs is 1. The lowest BCUT2D eigenvalue weighted by Crippen LogP contribution is -2.20. The van der Waals surface area contributed by atoms with Gasteiger partial charge in [-0.25, -0.2) is 9.97 Å². The van der Waals surface area contributed by atoms with Crippen LogP contribution in [0, 0.1) is 0 Å². The summed E-state index contributed by atoms with van der Waals surface area (Å²) in [5.74, 6) is 2.29. The highest BCUT2D eigenvalue weighted by molar-refractivity contribution is 5.86. The Morgan fingerprint density at radius 3 is 2.80 bits per heavy atom. The maximum absolute atomic E-state index is 4.87. The standard InChI is InChI=1S/C18H23N7/c1-12(9-14-10-19-7-8-20-14)22-17-15-11-21-25(2)18(15)24-16(23-17)13-5-3-4-6-13/h7-8,10-13H,3-6,9H2,1-2H3,(H,22,23,24)/t12-/m0/s1. The Hall–Kier alpha value is -2.57. The Kier molecular flexibility index (Phi) is 4.29. The quantitative estimate of drug-likeness (QED) is 0.771. The summed E-state index contributed by atoms with van der Waals surface area (Å²) < 4.78 is 1.83. The first-order chi connectivity index (χ1) is 12.2. The molecule has 4 rings (SSSR count). The normalized spacial score (nSPS) is 16.4. The molecule has 1 atom stereocenters. The van der Waals surface area contributed by atoms with E-state index in [9.17, 15) is 0 Å². The van der Waals surface area contributed by atoms with E-state index < -0.39 is 0 Å². The van der Waals surface area contributed by atoms with E-state index >= 15 is 0 Å². The molecule has 3 aromatic heterocycles. The Morgan fingerprint density at radius 2 is 2.04 bits per heavy atom. The van der Waals surface area contributed by atoms with Gasteiger partial charge in [-0.15, -0.1) is 0 Å². The molecule has 1 N–H and O–H groups in total. The summed E-state index contributed by atoms with van der Waals surface area (Å²) in [6.45, 7) is 2.13. The van der Waals surface area contributed by atoms with E-state index in [0.29, 0.717) is 5.92 Å². The third-order valence-electron chi connectivity index (χ3n) is 4.84. The van der Waals surface area contributed by atoms with Crippen LogP contribution in [0.2, 0.25) is 0 Å². The number of aromatic nitrogens is 6. The van der Waals surface area contributed by atoms with Gasteiger partial charge in [0.1, 0.15) is 11.6 Å². The summed E-state index contributed by atoms with van der Waals surface area (Å²) in [7, 11) is 1.93. The van der Waals surface area contributed by atoms with Crippen LogP contribution < -0.4 is 5.32 Å². The van der Waals surface area contributed by atoms with Gasteiger partial charge >= 0.3 is 0 Å². The number of anilines is 1. The predicted octanol–water partition coefficient (Wildman–Crippen LogP) is 2.85. The number of nitrogens with zero attached hydrogens (tertiary/aromatic N) is 6. The summed E-state index contributed by atoms with van der Waals surface area (Å²) in [6, 6.07) is 0.187. The van der Waals surface area contributed by atoms with Crippen molar-refractivity contribution in [3.63, 3.8) is 0 Å². The lowest BCUT2D eigenvalue weighted by molar-refractivity contribution is 0.665. The van der Waals surface area contributed by atoms with Crippen molar-refractivity contribution in [2.45, 2.75) is 51.0 Å². The summed E-state index contributed by atoms with van der Waals surface area (Å²) in [4.78, 5) is 18.2. The van der Waals surface area contributed by atoms with Gasteiger partial charge in [-0.2, -0.15) is 5.10 Å². The van der Waals surface area contributed by atoms with Crippen LogP contribution in [0.15, 0.2) is 24.8 Å². The van der Waals surface area contributed by atoms with Crippen molar-refractivity contribution in [1.29, 1.82) is 0 Å². The smallest absolute Gasteiger partial charge is 0.163 e. The molecule has 0 amide bonds. The van der Waals surface area contributed by atoms with Crippen molar-refractivity contribution in [2.75, 3.05) is 5.32 Å². The van der Waals surface area contributed by atoms with Gasteiger partial charge in [-0.05, 0) is 19.8 Å². The van der Waals surface area contributed by atoms with Gasteiger partial charge in [-0.3, -0.25) is 14.6 Å². The highest BCUT2D eigenvalue weighted by Gasteiger charge is 2.23. The summed E-state index contributed by atoms with van der Waals surface area (Å²) >= 11 is 0. The average molecular weight is 337 g/mol. The molecule has 0 bridgehead atoms. The molecule has 1 fully saturated rings. The van der Waals surface area contributed by atoms with Gasteiger partial charge in [0.2, 0.25) is 0 Å². The van der Waals surface area contributed by atoms with Gasteiger partial charge in [0.25, 0.3) is 0 Å². The molecular formula is C18H23N7. The molecular weight excluding hydrogens is 314 g/mol. The van der Waals surface area contributed by atoms with Crippen molar-refractivity contribution in [3.05, 3.63) is 36.3 Å². The van der Waals surface area contributed by atoms with E-state index in [4.69, 9.17) is 9.97 Å². The van der Waals surface area contributed by atoms with E-state index in [1.807, 2.05) is 24.1 Å². The molecule has 1 aliphatic carbocycles. The first-order valence-corrected chi connectivity index (χ1v) is 8.92. The van der Waals surface area contributed by atoms with Crippen LogP contribution in [0.4, 0.5) is 5.82 Å². The Labute approximate surface area is 146 Å². The number of nitrogens with one attached hydrogen (secondary N) is 1. The lowest BCUT2D eigenvalue weighted by Gasteiger charge is -2.16. The van der Waals surface area contributed by atoms with Crippen LogP contribution in [-0.4, -0.2) is 35.8 Å². The van der Waals surface area contributed by atoms with Crippen LogP contribution in [0.25, 0.3) is 11.0 Å². The fraction of sp³-hybridized carbons (Fsp3) is 0.500. The Morgan fingerprint density at radius 1 is 1.20 bits per heavy atom. The third kappa shape index (κ3) is 3.31. The van der Waals surface area contributed by atoms with Crippen LogP contribution in [0.5, 0.6) is 0 Å². The van der Waals surface area contributed by atoms with Gasteiger partial charge in [0, 0.05) is 44.0 Å². The molecule has 7 heteroatoms. The van der Waals surface area contributed by atoms with Crippen LogP contribution >= 0.6 is 0 Å². The zero-order valence-electron chi connectivity index (χ0n) is 14.7. The molecule has 1 saturated carbocycles. The third-order valence-corrected chi connectivity index (χ3v) is 4.84. The Bertz CT molecular complexity index is 852. The fourth-order valence-corrected chi connectivity index (χ4v) is 3.55. The van der Waals surface area contributed by atoms with Crippen molar-refractivity contribution in [2.24, 2.45) is 7.05 Å². The topological polar surface area (TPSA) is 81.4 Å². The fourth-order valence-electron chi connectivity index (χ4n) is 3.55. The van der Waals surface area contributed by atoms with Crippen molar-refractivity contribution in [1.82, 2.24) is 29.7 Å². The number of hydrogen-bond donors (Lipinski definition) is 1. The van der Waals surface area contributed by atoms with Crippen molar-refractivity contribution < 1.29 is 0 Å². The minimum atomic E-state index is 0.187. The summed E-state index contributed by atoms with van der Waals surface area (Å²) in [6.07, 6.45) is 12.7. The molecule has 25 heavy (non-hydrogen) atoms. The minimum absolute atomic E-state index is 0.187. The molecule has 0 aliphatic heterocycles. The van der Waals surface area contributed by atoms with Crippen LogP contribution in [0.3, 0.4) is 0 Å². The average Bonchev–Trinajstić information content (AvgIpc) is 3.26. The molecule has 0 spiro atoms. The van der Waals surface area contributed by atoms with E-state index in [0.717, 1.165) is 34.8 Å². The van der Waals surface area contributed by atoms with E-state index in [-0.39, 0.29) is 6.04 Å². The van der Waals surface area contributed by atoms with Gasteiger partial charge in [0.15, 0.2) is 5.65 Å². The second kappa shape index (κ2) is 6.74. The van der Waals surface area contributed by atoms with Gasteiger partial charge in [0.05, 0.1) is 17.3 Å². The number of aryl methyl sites for hydroxylation is 1. The lowest BCUT2D eigenvalue weighted by atomic mass is 10.1. The largest absolute Gasteiger partial charge is 0.367 e. The maximum Gasteiger partial charge on any atom is 0.163 e. The molecule has 0 saturated heterocycles. The van der Waals surface area contributed by atoms with E-state index in [1.54, 1.807) is 12.4 Å². The van der Waals surface area contributed by atoms with Crippen LogP contribution in [0.1, 0.15) is 50.0 Å². The molecule has 7 nitrogen and oxygen atoms in total.